The van der Waals surface area contributed by atoms with Crippen LogP contribution in [0.2, 0.25) is 0 Å². The molecule has 1 unspecified atom stereocenters. The maximum atomic E-state index is 13.6. The zero-order valence-electron chi connectivity index (χ0n) is 12.3. The van der Waals surface area contributed by atoms with Crippen LogP contribution < -0.4 is 5.32 Å². The van der Waals surface area contributed by atoms with Crippen LogP contribution in [0.25, 0.3) is 0 Å². The molecule has 112 valence electrons. The van der Waals surface area contributed by atoms with E-state index in [9.17, 15) is 4.39 Å². The molecule has 0 spiro atoms. The number of benzene rings is 2. The summed E-state index contributed by atoms with van der Waals surface area (Å²) >= 11 is 3.37. The summed E-state index contributed by atoms with van der Waals surface area (Å²) in [6, 6.07) is 15.8. The first-order valence-corrected chi connectivity index (χ1v) is 8.21. The summed E-state index contributed by atoms with van der Waals surface area (Å²) in [5.41, 5.74) is 2.37. The minimum atomic E-state index is -0.190. The molecule has 2 rings (SSSR count). The van der Waals surface area contributed by atoms with Gasteiger partial charge in [-0.2, -0.15) is 0 Å². The third kappa shape index (κ3) is 5.25. The summed E-state index contributed by atoms with van der Waals surface area (Å²) in [6.07, 6.45) is 3.13. The van der Waals surface area contributed by atoms with E-state index in [4.69, 9.17) is 0 Å². The molecule has 1 nitrogen and oxygen atoms in total. The standard InChI is InChI=1S/C18H21BrFN/c1-2-21-18(15-11-16(19)13-17(20)12-15)10-6-9-14-7-4-3-5-8-14/h3-5,7-8,11-13,18,21H,2,6,9-10H2,1H3. The van der Waals surface area contributed by atoms with Gasteiger partial charge in [-0.05, 0) is 55.1 Å². The van der Waals surface area contributed by atoms with E-state index in [1.165, 1.54) is 11.6 Å². The molecule has 2 aromatic carbocycles. The fraction of sp³-hybridized carbons (Fsp3) is 0.333. The lowest BCUT2D eigenvalue weighted by molar-refractivity contribution is 0.494. The van der Waals surface area contributed by atoms with Gasteiger partial charge in [0.05, 0.1) is 0 Å². The predicted octanol–water partition coefficient (Wildman–Crippen LogP) is 5.26. The Bertz CT molecular complexity index is 536. The highest BCUT2D eigenvalue weighted by molar-refractivity contribution is 9.10. The van der Waals surface area contributed by atoms with Crippen LogP contribution >= 0.6 is 15.9 Å². The first kappa shape index (κ1) is 16.2. The molecule has 0 aliphatic rings. The number of hydrogen-bond donors (Lipinski definition) is 1. The summed E-state index contributed by atoms with van der Waals surface area (Å²) in [5, 5.41) is 3.45. The van der Waals surface area contributed by atoms with Crippen LogP contribution in [0.4, 0.5) is 4.39 Å². The molecule has 0 radical (unpaired) electrons. The minimum Gasteiger partial charge on any atom is -0.310 e. The van der Waals surface area contributed by atoms with Crippen LogP contribution in [-0.2, 0) is 6.42 Å². The molecule has 2 aromatic rings. The van der Waals surface area contributed by atoms with Gasteiger partial charge in [-0.25, -0.2) is 4.39 Å². The number of aryl methyl sites for hydroxylation is 1. The zero-order chi connectivity index (χ0) is 15.1. The quantitative estimate of drug-likeness (QED) is 0.718. The largest absolute Gasteiger partial charge is 0.310 e. The van der Waals surface area contributed by atoms with Crippen LogP contribution in [0.3, 0.4) is 0 Å². The third-order valence-corrected chi connectivity index (χ3v) is 4.00. The van der Waals surface area contributed by atoms with Crippen LogP contribution in [0, 0.1) is 5.82 Å². The Hall–Kier alpha value is -1.19. The van der Waals surface area contributed by atoms with Gasteiger partial charge < -0.3 is 5.32 Å². The van der Waals surface area contributed by atoms with Gasteiger partial charge in [0, 0.05) is 10.5 Å². The molecule has 21 heavy (non-hydrogen) atoms. The van der Waals surface area contributed by atoms with E-state index in [0.717, 1.165) is 35.8 Å². The molecule has 0 aromatic heterocycles. The molecule has 0 heterocycles. The molecule has 0 aliphatic carbocycles. The zero-order valence-corrected chi connectivity index (χ0v) is 13.9. The molecular weight excluding hydrogens is 329 g/mol. The van der Waals surface area contributed by atoms with E-state index in [1.807, 2.05) is 12.1 Å². The van der Waals surface area contributed by atoms with Crippen molar-refractivity contribution < 1.29 is 4.39 Å². The Kier molecular flexibility index (Phi) is 6.40. The van der Waals surface area contributed by atoms with Crippen molar-refractivity contribution in [3.63, 3.8) is 0 Å². The summed E-state index contributed by atoms with van der Waals surface area (Å²) < 4.78 is 14.4. The maximum Gasteiger partial charge on any atom is 0.124 e. The average Bonchev–Trinajstić information content (AvgIpc) is 2.46. The van der Waals surface area contributed by atoms with Gasteiger partial charge in [0.2, 0.25) is 0 Å². The van der Waals surface area contributed by atoms with E-state index < -0.39 is 0 Å². The summed E-state index contributed by atoms with van der Waals surface area (Å²) in [5.74, 6) is -0.190. The van der Waals surface area contributed by atoms with E-state index in [0.29, 0.717) is 0 Å². The Morgan fingerprint density at radius 3 is 2.57 bits per heavy atom. The molecule has 3 heteroatoms. The van der Waals surface area contributed by atoms with Crippen molar-refractivity contribution in [3.05, 3.63) is 69.9 Å². The monoisotopic (exact) mass is 349 g/mol. The van der Waals surface area contributed by atoms with Crippen molar-refractivity contribution in [1.82, 2.24) is 5.32 Å². The fourth-order valence-corrected chi connectivity index (χ4v) is 3.05. The molecular formula is C18H21BrFN. The highest BCUT2D eigenvalue weighted by atomic mass is 79.9. The second kappa shape index (κ2) is 8.30. The lowest BCUT2D eigenvalue weighted by Crippen LogP contribution is -2.21. The molecule has 0 bridgehead atoms. The van der Waals surface area contributed by atoms with Crippen LogP contribution in [0.5, 0.6) is 0 Å². The minimum absolute atomic E-state index is 0.190. The third-order valence-electron chi connectivity index (χ3n) is 3.54. The van der Waals surface area contributed by atoms with Crippen LogP contribution in [0.15, 0.2) is 53.0 Å². The lowest BCUT2D eigenvalue weighted by atomic mass is 9.99. The molecule has 0 aliphatic heterocycles. The van der Waals surface area contributed by atoms with Crippen molar-refractivity contribution in [1.29, 1.82) is 0 Å². The highest BCUT2D eigenvalue weighted by Crippen LogP contribution is 2.24. The van der Waals surface area contributed by atoms with Gasteiger partial charge in [0.25, 0.3) is 0 Å². The second-order valence-electron chi connectivity index (χ2n) is 5.19. The average molecular weight is 350 g/mol. The number of rotatable bonds is 7. The van der Waals surface area contributed by atoms with Gasteiger partial charge >= 0.3 is 0 Å². The predicted molar refractivity (Wildman–Crippen MR) is 89.9 cm³/mol. The van der Waals surface area contributed by atoms with Crippen LogP contribution in [0.1, 0.15) is 36.9 Å². The van der Waals surface area contributed by atoms with Crippen molar-refractivity contribution in [2.75, 3.05) is 6.54 Å². The Morgan fingerprint density at radius 1 is 1.14 bits per heavy atom. The van der Waals surface area contributed by atoms with Crippen molar-refractivity contribution >= 4 is 15.9 Å². The van der Waals surface area contributed by atoms with Crippen molar-refractivity contribution in [2.24, 2.45) is 0 Å². The molecule has 0 amide bonds. The van der Waals surface area contributed by atoms with Gasteiger partial charge in [-0.15, -0.1) is 0 Å². The Labute approximate surface area is 134 Å². The molecule has 1 atom stereocenters. The topological polar surface area (TPSA) is 12.0 Å². The summed E-state index contributed by atoms with van der Waals surface area (Å²) in [4.78, 5) is 0. The first-order chi connectivity index (χ1) is 10.2. The Balaban J connectivity index is 1.98. The van der Waals surface area contributed by atoms with E-state index in [2.05, 4.69) is 52.4 Å². The fourth-order valence-electron chi connectivity index (χ4n) is 2.56. The Morgan fingerprint density at radius 2 is 1.90 bits per heavy atom. The maximum absolute atomic E-state index is 13.6. The summed E-state index contributed by atoms with van der Waals surface area (Å²) in [7, 11) is 0. The van der Waals surface area contributed by atoms with Gasteiger partial charge in [0.15, 0.2) is 0 Å². The van der Waals surface area contributed by atoms with E-state index in [-0.39, 0.29) is 11.9 Å². The molecule has 0 saturated carbocycles. The number of halogens is 2. The number of nitrogens with one attached hydrogen (secondary N) is 1. The smallest absolute Gasteiger partial charge is 0.124 e. The molecule has 0 fully saturated rings. The molecule has 1 N–H and O–H groups in total. The first-order valence-electron chi connectivity index (χ1n) is 7.42. The number of hydrogen-bond acceptors (Lipinski definition) is 1. The van der Waals surface area contributed by atoms with Crippen molar-refractivity contribution in [3.8, 4) is 0 Å². The van der Waals surface area contributed by atoms with Crippen LogP contribution in [-0.4, -0.2) is 6.54 Å². The normalized spacial score (nSPS) is 12.3. The van der Waals surface area contributed by atoms with Gasteiger partial charge in [-0.1, -0.05) is 53.2 Å². The summed E-state index contributed by atoms with van der Waals surface area (Å²) in [6.45, 7) is 2.96. The second-order valence-corrected chi connectivity index (χ2v) is 6.11. The van der Waals surface area contributed by atoms with E-state index in [1.54, 1.807) is 6.07 Å². The van der Waals surface area contributed by atoms with Crippen molar-refractivity contribution in [2.45, 2.75) is 32.2 Å². The molecule has 0 saturated heterocycles. The highest BCUT2D eigenvalue weighted by Gasteiger charge is 2.12. The SMILES string of the molecule is CCNC(CCCc1ccccc1)c1cc(F)cc(Br)c1. The lowest BCUT2D eigenvalue weighted by Gasteiger charge is -2.19. The van der Waals surface area contributed by atoms with Gasteiger partial charge in [0.1, 0.15) is 5.82 Å². The van der Waals surface area contributed by atoms with E-state index >= 15 is 0 Å². The van der Waals surface area contributed by atoms with Gasteiger partial charge in [-0.3, -0.25) is 0 Å².